The zero-order valence-electron chi connectivity index (χ0n) is 15.1. The van der Waals surface area contributed by atoms with Crippen molar-refractivity contribution in [2.45, 2.75) is 43.8 Å². The van der Waals surface area contributed by atoms with Crippen LogP contribution in [0.4, 0.5) is 0 Å². The highest BCUT2D eigenvalue weighted by Crippen LogP contribution is 2.27. The molecule has 0 aromatic carbocycles. The Hall–Kier alpha value is -3.20. The number of aromatic nitrogens is 3. The fourth-order valence-corrected chi connectivity index (χ4v) is 4.30. The standard InChI is InChI=1S/C19H20N6O3/c20-17(26)16-18-24-13(15-2-1-5-28-15)8-14(25(18)9-21-16)19(27)23-12-6-10-3-4-11(7-12)22-10/h1-2,5,8-12,22H,3-4,6-7H2,(H2,20,26)(H,23,27). The molecule has 5 heterocycles. The molecule has 0 aliphatic carbocycles. The molecule has 3 aromatic heterocycles. The smallest absolute Gasteiger partial charge is 0.271 e. The number of rotatable bonds is 4. The lowest BCUT2D eigenvalue weighted by molar-refractivity contribution is 0.0916. The highest BCUT2D eigenvalue weighted by Gasteiger charge is 2.34. The molecular weight excluding hydrogens is 360 g/mol. The first-order chi connectivity index (χ1) is 13.6. The van der Waals surface area contributed by atoms with Gasteiger partial charge in [-0.2, -0.15) is 0 Å². The third-order valence-corrected chi connectivity index (χ3v) is 5.55. The maximum absolute atomic E-state index is 13.1. The van der Waals surface area contributed by atoms with Crippen molar-refractivity contribution < 1.29 is 14.0 Å². The first-order valence-electron chi connectivity index (χ1n) is 9.37. The van der Waals surface area contributed by atoms with Crippen LogP contribution in [0.5, 0.6) is 0 Å². The maximum atomic E-state index is 13.1. The number of fused-ring (bicyclic) bond motifs is 3. The van der Waals surface area contributed by atoms with E-state index in [4.69, 9.17) is 10.2 Å². The topological polar surface area (TPSA) is 128 Å². The number of nitrogens with zero attached hydrogens (tertiary/aromatic N) is 3. The largest absolute Gasteiger partial charge is 0.463 e. The van der Waals surface area contributed by atoms with E-state index < -0.39 is 5.91 Å². The van der Waals surface area contributed by atoms with Gasteiger partial charge in [-0.05, 0) is 43.9 Å². The number of piperidine rings is 1. The lowest BCUT2D eigenvalue weighted by Crippen LogP contribution is -2.48. The molecule has 2 unspecified atom stereocenters. The molecule has 2 bridgehead atoms. The zero-order chi connectivity index (χ0) is 19.3. The van der Waals surface area contributed by atoms with E-state index >= 15 is 0 Å². The summed E-state index contributed by atoms with van der Waals surface area (Å²) < 4.78 is 6.92. The van der Waals surface area contributed by atoms with Gasteiger partial charge in [-0.3, -0.25) is 14.0 Å². The van der Waals surface area contributed by atoms with Crippen LogP contribution in [0.2, 0.25) is 0 Å². The summed E-state index contributed by atoms with van der Waals surface area (Å²) in [5.74, 6) is -0.444. The number of imidazole rings is 1. The maximum Gasteiger partial charge on any atom is 0.271 e. The molecule has 144 valence electrons. The van der Waals surface area contributed by atoms with Crippen LogP contribution in [-0.4, -0.2) is 44.3 Å². The SMILES string of the molecule is NC(=O)c1ncn2c(C(=O)NC3CC4CCC(C3)N4)cc(-c3ccco3)nc12. The molecule has 0 spiro atoms. The number of carbonyl (C=O) groups is 2. The van der Waals surface area contributed by atoms with Crippen molar-refractivity contribution in [2.75, 3.05) is 0 Å². The van der Waals surface area contributed by atoms with E-state index in [1.54, 1.807) is 18.2 Å². The van der Waals surface area contributed by atoms with Gasteiger partial charge >= 0.3 is 0 Å². The fraction of sp³-hybridized carbons (Fsp3) is 0.368. The second-order valence-corrected chi connectivity index (χ2v) is 7.43. The minimum absolute atomic E-state index is 0.0161. The van der Waals surface area contributed by atoms with E-state index in [1.165, 1.54) is 17.0 Å². The molecule has 2 aliphatic rings. The fourth-order valence-electron chi connectivity index (χ4n) is 4.30. The molecule has 2 amide bonds. The van der Waals surface area contributed by atoms with Crippen molar-refractivity contribution >= 4 is 17.5 Å². The normalized spacial score (nSPS) is 23.8. The van der Waals surface area contributed by atoms with Crippen molar-refractivity contribution in [2.24, 2.45) is 5.73 Å². The Balaban J connectivity index is 1.53. The van der Waals surface area contributed by atoms with E-state index in [-0.39, 0.29) is 23.3 Å². The van der Waals surface area contributed by atoms with Gasteiger partial charge in [-0.25, -0.2) is 9.97 Å². The third-order valence-electron chi connectivity index (χ3n) is 5.55. The first-order valence-corrected chi connectivity index (χ1v) is 9.37. The van der Waals surface area contributed by atoms with Crippen molar-refractivity contribution in [1.82, 2.24) is 25.0 Å². The Bertz CT molecular complexity index is 1050. The molecule has 2 atom stereocenters. The average molecular weight is 380 g/mol. The van der Waals surface area contributed by atoms with E-state index in [1.807, 2.05) is 0 Å². The number of primary amides is 1. The predicted molar refractivity (Wildman–Crippen MR) is 99.6 cm³/mol. The molecule has 0 saturated carbocycles. The second-order valence-electron chi connectivity index (χ2n) is 7.43. The zero-order valence-corrected chi connectivity index (χ0v) is 15.1. The van der Waals surface area contributed by atoms with Crippen molar-refractivity contribution in [3.63, 3.8) is 0 Å². The molecule has 3 aromatic rings. The second kappa shape index (κ2) is 6.45. The Morgan fingerprint density at radius 1 is 1.29 bits per heavy atom. The average Bonchev–Trinajstić information content (AvgIpc) is 3.40. The molecule has 9 heteroatoms. The Kier molecular flexibility index (Phi) is 3.90. The molecule has 4 N–H and O–H groups in total. The quantitative estimate of drug-likeness (QED) is 0.622. The van der Waals surface area contributed by atoms with E-state index in [0.29, 0.717) is 29.2 Å². The number of nitrogens with two attached hydrogens (primary N) is 1. The van der Waals surface area contributed by atoms with Crippen molar-refractivity contribution in [3.05, 3.63) is 42.2 Å². The summed E-state index contributed by atoms with van der Waals surface area (Å²) in [6.45, 7) is 0. The third kappa shape index (κ3) is 2.84. The summed E-state index contributed by atoms with van der Waals surface area (Å²) in [5, 5.41) is 6.70. The predicted octanol–water partition coefficient (Wildman–Crippen LogP) is 1.10. The Labute approximate surface area is 160 Å². The van der Waals surface area contributed by atoms with Gasteiger partial charge in [0.05, 0.1) is 6.26 Å². The number of carbonyl (C=O) groups excluding carboxylic acids is 2. The van der Waals surface area contributed by atoms with Gasteiger partial charge in [0.2, 0.25) is 0 Å². The summed E-state index contributed by atoms with van der Waals surface area (Å²) in [7, 11) is 0. The minimum atomic E-state index is -0.701. The van der Waals surface area contributed by atoms with Crippen LogP contribution < -0.4 is 16.4 Å². The van der Waals surface area contributed by atoms with Gasteiger partial charge in [0.25, 0.3) is 11.8 Å². The lowest BCUT2D eigenvalue weighted by Gasteiger charge is -2.29. The molecule has 0 radical (unpaired) electrons. The van der Waals surface area contributed by atoms with Gasteiger partial charge < -0.3 is 20.8 Å². The van der Waals surface area contributed by atoms with Crippen LogP contribution in [0, 0.1) is 0 Å². The highest BCUT2D eigenvalue weighted by atomic mass is 16.3. The van der Waals surface area contributed by atoms with Gasteiger partial charge in [-0.1, -0.05) is 0 Å². The Morgan fingerprint density at radius 2 is 2.07 bits per heavy atom. The number of amides is 2. The molecule has 2 saturated heterocycles. The molecule has 2 aliphatic heterocycles. The summed E-state index contributed by atoms with van der Waals surface area (Å²) in [6, 6.07) is 6.16. The van der Waals surface area contributed by atoms with Gasteiger partial charge in [0.1, 0.15) is 17.7 Å². The van der Waals surface area contributed by atoms with Crippen LogP contribution >= 0.6 is 0 Å². The summed E-state index contributed by atoms with van der Waals surface area (Å²) in [4.78, 5) is 33.3. The molecular formula is C19H20N6O3. The van der Waals surface area contributed by atoms with Crippen LogP contribution in [-0.2, 0) is 0 Å². The summed E-state index contributed by atoms with van der Waals surface area (Å²) in [6.07, 6.45) is 7.06. The van der Waals surface area contributed by atoms with E-state index in [2.05, 4.69) is 20.6 Å². The summed E-state index contributed by atoms with van der Waals surface area (Å²) >= 11 is 0. The Morgan fingerprint density at radius 3 is 2.75 bits per heavy atom. The first kappa shape index (κ1) is 16.9. The minimum Gasteiger partial charge on any atom is -0.463 e. The van der Waals surface area contributed by atoms with Gasteiger partial charge in [0.15, 0.2) is 17.1 Å². The molecule has 2 fully saturated rings. The molecule has 5 rings (SSSR count). The number of furan rings is 1. The van der Waals surface area contributed by atoms with Crippen LogP contribution in [0.15, 0.2) is 35.2 Å². The van der Waals surface area contributed by atoms with Crippen molar-refractivity contribution in [3.8, 4) is 11.5 Å². The van der Waals surface area contributed by atoms with E-state index in [9.17, 15) is 9.59 Å². The monoisotopic (exact) mass is 380 g/mol. The van der Waals surface area contributed by atoms with Crippen LogP contribution in [0.1, 0.15) is 46.7 Å². The van der Waals surface area contributed by atoms with Gasteiger partial charge in [0, 0.05) is 18.1 Å². The van der Waals surface area contributed by atoms with Crippen LogP contribution in [0.25, 0.3) is 17.1 Å². The highest BCUT2D eigenvalue weighted by molar-refractivity contribution is 5.99. The summed E-state index contributed by atoms with van der Waals surface area (Å²) in [5.41, 5.74) is 6.45. The number of hydrogen-bond acceptors (Lipinski definition) is 6. The molecule has 9 nitrogen and oxygen atoms in total. The number of hydrogen-bond donors (Lipinski definition) is 3. The lowest BCUT2D eigenvalue weighted by atomic mass is 9.99. The van der Waals surface area contributed by atoms with Crippen molar-refractivity contribution in [1.29, 1.82) is 0 Å². The molecule has 28 heavy (non-hydrogen) atoms. The van der Waals surface area contributed by atoms with Gasteiger partial charge in [-0.15, -0.1) is 0 Å². The number of nitrogens with one attached hydrogen (secondary N) is 2. The van der Waals surface area contributed by atoms with E-state index in [0.717, 1.165) is 25.7 Å². The van der Waals surface area contributed by atoms with Crippen LogP contribution in [0.3, 0.4) is 0 Å².